The number of allylic oxidation sites excluding steroid dienone is 1. The molecule has 3 rings (SSSR count). The van der Waals surface area contributed by atoms with Crippen LogP contribution in [0.25, 0.3) is 5.57 Å². The Kier molecular flexibility index (Phi) is 3.13. The third-order valence-electron chi connectivity index (χ3n) is 4.08. The van der Waals surface area contributed by atoms with Crippen LogP contribution in [0.5, 0.6) is 5.75 Å². The summed E-state index contributed by atoms with van der Waals surface area (Å²) in [5.41, 5.74) is 4.92. The van der Waals surface area contributed by atoms with E-state index in [1.165, 1.54) is 36.0 Å². The lowest BCUT2D eigenvalue weighted by Gasteiger charge is -2.27. The van der Waals surface area contributed by atoms with E-state index < -0.39 is 6.29 Å². The van der Waals surface area contributed by atoms with Crippen molar-refractivity contribution in [3.8, 4) is 5.75 Å². The number of fused-ring (bicyclic) bond motifs is 2. The van der Waals surface area contributed by atoms with Crippen LogP contribution in [0.3, 0.4) is 0 Å². The molecule has 2 nitrogen and oxygen atoms in total. The highest BCUT2D eigenvalue weighted by Crippen LogP contribution is 2.41. The number of ether oxygens (including phenoxy) is 1. The van der Waals surface area contributed by atoms with E-state index in [2.05, 4.69) is 25.1 Å². The first kappa shape index (κ1) is 11.8. The van der Waals surface area contributed by atoms with Gasteiger partial charge in [0.2, 0.25) is 6.29 Å². The van der Waals surface area contributed by atoms with Crippen LogP contribution in [-0.4, -0.2) is 11.4 Å². The lowest BCUT2D eigenvalue weighted by Crippen LogP contribution is -2.24. The van der Waals surface area contributed by atoms with Gasteiger partial charge in [-0.05, 0) is 49.3 Å². The molecule has 0 fully saturated rings. The Morgan fingerprint density at radius 3 is 2.89 bits per heavy atom. The highest BCUT2D eigenvalue weighted by Gasteiger charge is 2.27. The maximum absolute atomic E-state index is 10.2. The molecule has 0 aromatic heterocycles. The highest BCUT2D eigenvalue weighted by atomic mass is 16.6. The SMILES string of the molecule is CCc1ccc2c(c1)OC(O)C1=C2CCCCC1. The zero-order valence-corrected chi connectivity index (χ0v) is 10.9. The smallest absolute Gasteiger partial charge is 0.220 e. The van der Waals surface area contributed by atoms with E-state index in [0.717, 1.165) is 30.6 Å². The van der Waals surface area contributed by atoms with Crippen molar-refractivity contribution in [1.82, 2.24) is 0 Å². The van der Waals surface area contributed by atoms with E-state index in [1.807, 2.05) is 0 Å². The summed E-state index contributed by atoms with van der Waals surface area (Å²) in [7, 11) is 0. The number of hydrogen-bond acceptors (Lipinski definition) is 2. The van der Waals surface area contributed by atoms with Gasteiger partial charge in [-0.15, -0.1) is 0 Å². The molecule has 1 heterocycles. The normalized spacial score (nSPS) is 22.9. The van der Waals surface area contributed by atoms with Crippen LogP contribution in [0, 0.1) is 0 Å². The number of aliphatic hydroxyl groups is 1. The minimum Gasteiger partial charge on any atom is -0.461 e. The van der Waals surface area contributed by atoms with E-state index in [0.29, 0.717) is 0 Å². The molecule has 1 aromatic rings. The third-order valence-corrected chi connectivity index (χ3v) is 4.08. The van der Waals surface area contributed by atoms with Crippen LogP contribution < -0.4 is 4.74 Å². The molecule has 1 aliphatic carbocycles. The van der Waals surface area contributed by atoms with Crippen molar-refractivity contribution in [2.45, 2.75) is 51.7 Å². The minimum atomic E-state index is -0.724. The average Bonchev–Trinajstić information content (AvgIpc) is 2.64. The Bertz CT molecular complexity index is 488. The fraction of sp³-hybridized carbons (Fsp3) is 0.500. The molecule has 1 N–H and O–H groups in total. The number of aryl methyl sites for hydroxylation is 1. The zero-order valence-electron chi connectivity index (χ0n) is 10.9. The molecule has 0 spiro atoms. The standard InChI is InChI=1S/C16H20O2/c1-2-11-8-9-13-12-6-4-3-5-7-14(12)16(17)18-15(13)10-11/h8-10,16-17H,2-7H2,1H3. The van der Waals surface area contributed by atoms with Crippen molar-refractivity contribution in [3.05, 3.63) is 34.9 Å². The first-order chi connectivity index (χ1) is 8.79. The van der Waals surface area contributed by atoms with Crippen molar-refractivity contribution < 1.29 is 9.84 Å². The second kappa shape index (κ2) is 4.77. The number of benzene rings is 1. The molecule has 18 heavy (non-hydrogen) atoms. The molecule has 0 amide bonds. The summed E-state index contributed by atoms with van der Waals surface area (Å²) in [6.07, 6.45) is 5.97. The van der Waals surface area contributed by atoms with Crippen LogP contribution in [0.15, 0.2) is 23.8 Å². The van der Waals surface area contributed by atoms with Crippen molar-refractivity contribution in [2.75, 3.05) is 0 Å². The first-order valence-electron chi connectivity index (χ1n) is 6.99. The van der Waals surface area contributed by atoms with Gasteiger partial charge in [0.25, 0.3) is 0 Å². The summed E-state index contributed by atoms with van der Waals surface area (Å²) in [4.78, 5) is 0. The van der Waals surface area contributed by atoms with E-state index in [4.69, 9.17) is 4.74 Å². The molecule has 1 aliphatic heterocycles. The molecule has 96 valence electrons. The number of rotatable bonds is 1. The van der Waals surface area contributed by atoms with Crippen molar-refractivity contribution in [3.63, 3.8) is 0 Å². The molecule has 0 saturated carbocycles. The number of aliphatic hydroxyl groups excluding tert-OH is 1. The fourth-order valence-corrected chi connectivity index (χ4v) is 3.01. The van der Waals surface area contributed by atoms with Gasteiger partial charge >= 0.3 is 0 Å². The van der Waals surface area contributed by atoms with Crippen molar-refractivity contribution >= 4 is 5.57 Å². The van der Waals surface area contributed by atoms with Crippen LogP contribution in [-0.2, 0) is 6.42 Å². The summed E-state index contributed by atoms with van der Waals surface area (Å²) >= 11 is 0. The predicted octanol–water partition coefficient (Wildman–Crippen LogP) is 3.68. The van der Waals surface area contributed by atoms with Gasteiger partial charge in [0.05, 0.1) is 0 Å². The Hall–Kier alpha value is -1.28. The van der Waals surface area contributed by atoms with Gasteiger partial charge in [-0.2, -0.15) is 0 Å². The van der Waals surface area contributed by atoms with E-state index >= 15 is 0 Å². The Balaban J connectivity index is 2.08. The first-order valence-corrected chi connectivity index (χ1v) is 6.99. The molecule has 0 bridgehead atoms. The van der Waals surface area contributed by atoms with E-state index in [-0.39, 0.29) is 0 Å². The average molecular weight is 244 g/mol. The van der Waals surface area contributed by atoms with Gasteiger partial charge in [-0.25, -0.2) is 0 Å². The van der Waals surface area contributed by atoms with Gasteiger partial charge in [-0.1, -0.05) is 25.5 Å². The maximum atomic E-state index is 10.2. The Labute approximate surface area is 108 Å². The van der Waals surface area contributed by atoms with Crippen LogP contribution in [0.4, 0.5) is 0 Å². The lowest BCUT2D eigenvalue weighted by atomic mass is 9.91. The highest BCUT2D eigenvalue weighted by molar-refractivity contribution is 5.75. The van der Waals surface area contributed by atoms with Gasteiger partial charge in [-0.3, -0.25) is 0 Å². The Morgan fingerprint density at radius 1 is 1.22 bits per heavy atom. The van der Waals surface area contributed by atoms with Crippen molar-refractivity contribution in [2.24, 2.45) is 0 Å². The molecule has 1 atom stereocenters. The minimum absolute atomic E-state index is 0.724. The van der Waals surface area contributed by atoms with Crippen LogP contribution in [0.2, 0.25) is 0 Å². The molecule has 0 saturated heterocycles. The van der Waals surface area contributed by atoms with Crippen molar-refractivity contribution in [1.29, 1.82) is 0 Å². The largest absolute Gasteiger partial charge is 0.461 e. The second-order valence-electron chi connectivity index (χ2n) is 5.22. The van der Waals surface area contributed by atoms with Gasteiger partial charge in [0, 0.05) is 11.1 Å². The number of hydrogen-bond donors (Lipinski definition) is 1. The molecule has 2 heteroatoms. The molecule has 1 unspecified atom stereocenters. The quantitative estimate of drug-likeness (QED) is 0.816. The summed E-state index contributed by atoms with van der Waals surface area (Å²) in [6.45, 7) is 2.14. The van der Waals surface area contributed by atoms with Gasteiger partial charge < -0.3 is 9.84 Å². The maximum Gasteiger partial charge on any atom is 0.220 e. The lowest BCUT2D eigenvalue weighted by molar-refractivity contribution is 0.00944. The summed E-state index contributed by atoms with van der Waals surface area (Å²) < 4.78 is 5.70. The predicted molar refractivity (Wildman–Crippen MR) is 72.5 cm³/mol. The molecule has 2 aliphatic rings. The second-order valence-corrected chi connectivity index (χ2v) is 5.22. The molecular formula is C16H20O2. The van der Waals surface area contributed by atoms with E-state index in [1.54, 1.807) is 0 Å². The Morgan fingerprint density at radius 2 is 2.06 bits per heavy atom. The van der Waals surface area contributed by atoms with Gasteiger partial charge in [0.1, 0.15) is 5.75 Å². The molecular weight excluding hydrogens is 224 g/mol. The summed E-state index contributed by atoms with van der Waals surface area (Å²) in [5, 5.41) is 10.2. The van der Waals surface area contributed by atoms with E-state index in [9.17, 15) is 5.11 Å². The van der Waals surface area contributed by atoms with Crippen LogP contribution in [0.1, 0.15) is 50.2 Å². The topological polar surface area (TPSA) is 29.5 Å². The molecule has 0 radical (unpaired) electrons. The van der Waals surface area contributed by atoms with Crippen LogP contribution >= 0.6 is 0 Å². The monoisotopic (exact) mass is 244 g/mol. The third kappa shape index (κ3) is 1.95. The summed E-state index contributed by atoms with van der Waals surface area (Å²) in [5.74, 6) is 0.863. The summed E-state index contributed by atoms with van der Waals surface area (Å²) in [6, 6.07) is 6.42. The fourth-order valence-electron chi connectivity index (χ4n) is 3.01. The van der Waals surface area contributed by atoms with Gasteiger partial charge in [0.15, 0.2) is 0 Å². The zero-order chi connectivity index (χ0) is 12.5. The molecule has 1 aromatic carbocycles.